The molecular formula is C14H22N2O4. The van der Waals surface area contributed by atoms with E-state index in [0.717, 1.165) is 6.54 Å². The summed E-state index contributed by atoms with van der Waals surface area (Å²) >= 11 is 0. The van der Waals surface area contributed by atoms with Crippen molar-refractivity contribution in [2.24, 2.45) is 0 Å². The average molecular weight is 282 g/mol. The van der Waals surface area contributed by atoms with Crippen molar-refractivity contribution in [2.45, 2.75) is 6.54 Å². The van der Waals surface area contributed by atoms with Gasteiger partial charge in [0, 0.05) is 18.9 Å². The smallest absolute Gasteiger partial charge is 0.107 e. The molecule has 0 saturated carbocycles. The van der Waals surface area contributed by atoms with E-state index in [9.17, 15) is 0 Å². The van der Waals surface area contributed by atoms with Crippen LogP contribution in [0.3, 0.4) is 0 Å². The average Bonchev–Trinajstić information content (AvgIpc) is 2.97. The van der Waals surface area contributed by atoms with Crippen molar-refractivity contribution in [3.8, 4) is 12.3 Å². The van der Waals surface area contributed by atoms with E-state index < -0.39 is 0 Å². The summed E-state index contributed by atoms with van der Waals surface area (Å²) in [5.74, 6) is 2.39. The van der Waals surface area contributed by atoms with Crippen LogP contribution in [0.15, 0.2) is 18.7 Å². The lowest BCUT2D eigenvalue weighted by Crippen LogP contribution is -2.13. The fourth-order valence-corrected chi connectivity index (χ4v) is 1.38. The summed E-state index contributed by atoms with van der Waals surface area (Å²) in [5.41, 5.74) is 0. The summed E-state index contributed by atoms with van der Waals surface area (Å²) in [6, 6.07) is 0. The summed E-state index contributed by atoms with van der Waals surface area (Å²) in [5, 5.41) is 0. The van der Waals surface area contributed by atoms with Gasteiger partial charge in [-0.1, -0.05) is 5.92 Å². The van der Waals surface area contributed by atoms with Gasteiger partial charge in [-0.2, -0.15) is 0 Å². The Kier molecular flexibility index (Phi) is 10.5. The minimum atomic E-state index is 0.330. The molecule has 0 aliphatic heterocycles. The summed E-state index contributed by atoms with van der Waals surface area (Å²) < 4.78 is 23.1. The zero-order valence-electron chi connectivity index (χ0n) is 11.7. The van der Waals surface area contributed by atoms with Crippen molar-refractivity contribution in [1.82, 2.24) is 9.55 Å². The molecule has 6 heteroatoms. The van der Waals surface area contributed by atoms with Gasteiger partial charge in [-0.05, 0) is 0 Å². The van der Waals surface area contributed by atoms with Gasteiger partial charge in [0.1, 0.15) is 6.61 Å². The van der Waals surface area contributed by atoms with Crippen molar-refractivity contribution in [3.05, 3.63) is 18.7 Å². The molecule has 112 valence electrons. The van der Waals surface area contributed by atoms with Crippen LogP contribution in [0, 0.1) is 12.3 Å². The Hall–Kier alpha value is -1.39. The SMILES string of the molecule is C#CCOCCOCCOCCOCCn1ccnc1. The summed E-state index contributed by atoms with van der Waals surface area (Å²) in [6.07, 6.45) is 10.5. The van der Waals surface area contributed by atoms with E-state index in [0.29, 0.717) is 52.9 Å². The van der Waals surface area contributed by atoms with E-state index >= 15 is 0 Å². The summed E-state index contributed by atoms with van der Waals surface area (Å²) in [7, 11) is 0. The number of hydrogen-bond donors (Lipinski definition) is 0. The molecule has 6 nitrogen and oxygen atoms in total. The number of imidazole rings is 1. The van der Waals surface area contributed by atoms with Gasteiger partial charge in [-0.3, -0.25) is 0 Å². The van der Waals surface area contributed by atoms with E-state index in [-0.39, 0.29) is 0 Å². The van der Waals surface area contributed by atoms with Crippen LogP contribution in [-0.2, 0) is 25.5 Å². The fourth-order valence-electron chi connectivity index (χ4n) is 1.38. The highest BCUT2D eigenvalue weighted by Gasteiger charge is 1.93. The molecular weight excluding hydrogens is 260 g/mol. The fraction of sp³-hybridized carbons (Fsp3) is 0.643. The molecule has 0 bridgehead atoms. The lowest BCUT2D eigenvalue weighted by atomic mass is 10.6. The quantitative estimate of drug-likeness (QED) is 0.391. The van der Waals surface area contributed by atoms with E-state index in [1.165, 1.54) is 0 Å². The Morgan fingerprint density at radius 3 is 2.05 bits per heavy atom. The first-order chi connectivity index (χ1) is 9.93. The predicted octanol–water partition coefficient (Wildman–Crippen LogP) is 0.583. The number of nitrogens with zero attached hydrogens (tertiary/aromatic N) is 2. The predicted molar refractivity (Wildman–Crippen MR) is 74.3 cm³/mol. The first-order valence-electron chi connectivity index (χ1n) is 6.63. The lowest BCUT2D eigenvalue weighted by Gasteiger charge is -2.07. The summed E-state index contributed by atoms with van der Waals surface area (Å²) in [6.45, 7) is 5.10. The molecule has 0 aromatic carbocycles. The minimum absolute atomic E-state index is 0.330. The standard InChI is InChI=1S/C14H22N2O4/c1-2-6-17-8-10-19-12-13-20-11-9-18-7-5-16-4-3-15-14-16/h1,3-4,14H,5-13H2. The maximum Gasteiger partial charge on any atom is 0.107 e. The van der Waals surface area contributed by atoms with Crippen LogP contribution in [-0.4, -0.2) is 62.4 Å². The molecule has 0 radical (unpaired) electrons. The highest BCUT2D eigenvalue weighted by molar-refractivity contribution is 4.82. The van der Waals surface area contributed by atoms with E-state index in [2.05, 4.69) is 10.9 Å². The highest BCUT2D eigenvalue weighted by Crippen LogP contribution is 1.87. The number of terminal acetylenes is 1. The van der Waals surface area contributed by atoms with Crippen LogP contribution in [0.25, 0.3) is 0 Å². The van der Waals surface area contributed by atoms with Gasteiger partial charge < -0.3 is 23.5 Å². The van der Waals surface area contributed by atoms with E-state index in [1.54, 1.807) is 12.5 Å². The van der Waals surface area contributed by atoms with Crippen LogP contribution in [0.5, 0.6) is 0 Å². The largest absolute Gasteiger partial charge is 0.377 e. The molecule has 0 aliphatic carbocycles. The first kappa shape index (κ1) is 16.7. The van der Waals surface area contributed by atoms with Crippen LogP contribution < -0.4 is 0 Å². The molecule has 0 spiro atoms. The Balaban J connectivity index is 1.71. The molecule has 0 N–H and O–H groups in total. The number of aromatic nitrogens is 2. The molecule has 0 aliphatic rings. The molecule has 1 aromatic rings. The van der Waals surface area contributed by atoms with Crippen LogP contribution in [0.2, 0.25) is 0 Å². The zero-order chi connectivity index (χ0) is 14.3. The van der Waals surface area contributed by atoms with Crippen molar-refractivity contribution in [2.75, 3.05) is 52.9 Å². The maximum absolute atomic E-state index is 5.43. The van der Waals surface area contributed by atoms with E-state index in [4.69, 9.17) is 25.4 Å². The molecule has 0 saturated heterocycles. The summed E-state index contributed by atoms with van der Waals surface area (Å²) in [4.78, 5) is 3.95. The maximum atomic E-state index is 5.43. The normalized spacial score (nSPS) is 10.6. The second-order valence-electron chi connectivity index (χ2n) is 3.89. The molecule has 0 atom stereocenters. The number of ether oxygens (including phenoxy) is 4. The van der Waals surface area contributed by atoms with Gasteiger partial charge >= 0.3 is 0 Å². The molecule has 1 heterocycles. The van der Waals surface area contributed by atoms with Gasteiger partial charge in [-0.15, -0.1) is 6.42 Å². The van der Waals surface area contributed by atoms with Gasteiger partial charge in [-0.25, -0.2) is 4.98 Å². The van der Waals surface area contributed by atoms with Crippen molar-refractivity contribution >= 4 is 0 Å². The monoisotopic (exact) mass is 282 g/mol. The highest BCUT2D eigenvalue weighted by atomic mass is 16.6. The molecule has 0 amide bonds. The molecule has 1 aromatic heterocycles. The van der Waals surface area contributed by atoms with Crippen molar-refractivity contribution in [1.29, 1.82) is 0 Å². The Bertz CT molecular complexity index is 349. The third-order valence-electron chi connectivity index (χ3n) is 2.35. The van der Waals surface area contributed by atoms with Gasteiger partial charge in [0.2, 0.25) is 0 Å². The van der Waals surface area contributed by atoms with Crippen LogP contribution in [0.4, 0.5) is 0 Å². The van der Waals surface area contributed by atoms with Gasteiger partial charge in [0.25, 0.3) is 0 Å². The zero-order valence-corrected chi connectivity index (χ0v) is 11.7. The first-order valence-corrected chi connectivity index (χ1v) is 6.63. The minimum Gasteiger partial charge on any atom is -0.377 e. The third kappa shape index (κ3) is 9.53. The molecule has 1 rings (SSSR count). The second kappa shape index (κ2) is 12.6. The van der Waals surface area contributed by atoms with Crippen LogP contribution in [0.1, 0.15) is 0 Å². The van der Waals surface area contributed by atoms with Crippen molar-refractivity contribution < 1.29 is 18.9 Å². The Morgan fingerprint density at radius 2 is 1.50 bits per heavy atom. The van der Waals surface area contributed by atoms with E-state index in [1.807, 2.05) is 10.8 Å². The van der Waals surface area contributed by atoms with Crippen molar-refractivity contribution in [3.63, 3.8) is 0 Å². The van der Waals surface area contributed by atoms with Crippen LogP contribution >= 0.6 is 0 Å². The van der Waals surface area contributed by atoms with Gasteiger partial charge in [0.05, 0.1) is 52.6 Å². The number of rotatable bonds is 13. The number of hydrogen-bond acceptors (Lipinski definition) is 5. The molecule has 20 heavy (non-hydrogen) atoms. The third-order valence-corrected chi connectivity index (χ3v) is 2.35. The van der Waals surface area contributed by atoms with Gasteiger partial charge in [0.15, 0.2) is 0 Å². The Labute approximate surface area is 120 Å². The molecule has 0 unspecified atom stereocenters. The second-order valence-corrected chi connectivity index (χ2v) is 3.89. The Morgan fingerprint density at radius 1 is 0.900 bits per heavy atom. The lowest BCUT2D eigenvalue weighted by molar-refractivity contribution is 0.000472. The topological polar surface area (TPSA) is 54.7 Å². The molecule has 0 fully saturated rings.